The lowest BCUT2D eigenvalue weighted by Crippen LogP contribution is -2.20. The van der Waals surface area contributed by atoms with Crippen molar-refractivity contribution in [1.82, 2.24) is 0 Å². The molecule has 1 aromatic carbocycles. The fourth-order valence-corrected chi connectivity index (χ4v) is 1.30. The highest BCUT2D eigenvalue weighted by molar-refractivity contribution is 5.99. The molecule has 7 heteroatoms. The Bertz CT molecular complexity index is 494. The van der Waals surface area contributed by atoms with Gasteiger partial charge in [0.05, 0.1) is 7.11 Å². The Morgan fingerprint density at radius 3 is 2.37 bits per heavy atom. The Kier molecular flexibility index (Phi) is 4.52. The van der Waals surface area contributed by atoms with Crippen LogP contribution in [0.25, 0.3) is 0 Å². The fraction of sp³-hybridized carbons (Fsp3) is 0.333. The maximum absolute atomic E-state index is 12.1. The molecule has 19 heavy (non-hydrogen) atoms. The van der Waals surface area contributed by atoms with Crippen LogP contribution in [0.1, 0.15) is 27.6 Å². The van der Waals surface area contributed by atoms with Crippen LogP contribution in [-0.4, -0.2) is 31.6 Å². The molecule has 0 amide bonds. The van der Waals surface area contributed by atoms with Gasteiger partial charge in [0.1, 0.15) is 11.3 Å². The molecular formula is C12H11F3O4. The number of rotatable bonds is 4. The van der Waals surface area contributed by atoms with Crippen molar-refractivity contribution >= 4 is 11.8 Å². The second-order valence-electron chi connectivity index (χ2n) is 3.66. The molecule has 0 spiro atoms. The molecule has 104 valence electrons. The van der Waals surface area contributed by atoms with Crippen LogP contribution in [0.2, 0.25) is 0 Å². The van der Waals surface area contributed by atoms with Gasteiger partial charge >= 0.3 is 12.1 Å². The van der Waals surface area contributed by atoms with Crippen molar-refractivity contribution in [2.45, 2.75) is 13.1 Å². The smallest absolute Gasteiger partial charge is 0.422 e. The summed E-state index contributed by atoms with van der Waals surface area (Å²) in [5.74, 6) is -1.48. The van der Waals surface area contributed by atoms with Crippen molar-refractivity contribution in [3.8, 4) is 5.75 Å². The van der Waals surface area contributed by atoms with E-state index in [-0.39, 0.29) is 22.7 Å². The highest BCUT2D eigenvalue weighted by Gasteiger charge is 2.29. The van der Waals surface area contributed by atoms with Crippen LogP contribution in [0.15, 0.2) is 18.2 Å². The number of esters is 1. The Balaban J connectivity index is 3.09. The van der Waals surface area contributed by atoms with Gasteiger partial charge in [0.15, 0.2) is 12.4 Å². The summed E-state index contributed by atoms with van der Waals surface area (Å²) < 4.78 is 45.2. The van der Waals surface area contributed by atoms with Crippen molar-refractivity contribution in [3.63, 3.8) is 0 Å². The second-order valence-corrected chi connectivity index (χ2v) is 3.66. The van der Waals surface area contributed by atoms with E-state index in [4.69, 9.17) is 0 Å². The van der Waals surface area contributed by atoms with Crippen molar-refractivity contribution in [2.75, 3.05) is 13.7 Å². The number of Topliss-reactive ketones (excluding diaryl/α,β-unsaturated/α-hetero) is 1. The maximum Gasteiger partial charge on any atom is 0.422 e. The number of hydrogen-bond acceptors (Lipinski definition) is 4. The highest BCUT2D eigenvalue weighted by Crippen LogP contribution is 2.24. The lowest BCUT2D eigenvalue weighted by atomic mass is 10.1. The molecule has 0 aliphatic heterocycles. The molecule has 0 radical (unpaired) electrons. The Morgan fingerprint density at radius 2 is 1.89 bits per heavy atom. The van der Waals surface area contributed by atoms with Gasteiger partial charge in [0.2, 0.25) is 0 Å². The molecule has 4 nitrogen and oxygen atoms in total. The topological polar surface area (TPSA) is 52.6 Å². The second kappa shape index (κ2) is 5.73. The van der Waals surface area contributed by atoms with Crippen molar-refractivity contribution in [2.24, 2.45) is 0 Å². The van der Waals surface area contributed by atoms with Gasteiger partial charge in [-0.1, -0.05) is 0 Å². The van der Waals surface area contributed by atoms with Crippen LogP contribution >= 0.6 is 0 Å². The standard InChI is InChI=1S/C12H11F3O4/c1-7(16)8-3-4-10(19-6-12(13,14)15)9(5-8)11(17)18-2/h3-5H,6H2,1-2H3. The average molecular weight is 276 g/mol. The normalized spacial score (nSPS) is 11.0. The van der Waals surface area contributed by atoms with E-state index >= 15 is 0 Å². The zero-order chi connectivity index (χ0) is 14.6. The van der Waals surface area contributed by atoms with E-state index in [1.807, 2.05) is 0 Å². The van der Waals surface area contributed by atoms with Gasteiger partial charge in [-0.3, -0.25) is 4.79 Å². The number of hydrogen-bond donors (Lipinski definition) is 0. The van der Waals surface area contributed by atoms with Crippen LogP contribution in [0, 0.1) is 0 Å². The Hall–Kier alpha value is -2.05. The quantitative estimate of drug-likeness (QED) is 0.626. The van der Waals surface area contributed by atoms with Crippen molar-refractivity contribution in [1.29, 1.82) is 0 Å². The summed E-state index contributed by atoms with van der Waals surface area (Å²) in [4.78, 5) is 22.6. The van der Waals surface area contributed by atoms with Crippen LogP contribution < -0.4 is 4.74 Å². The monoisotopic (exact) mass is 276 g/mol. The molecule has 0 unspecified atom stereocenters. The molecule has 0 saturated carbocycles. The lowest BCUT2D eigenvalue weighted by molar-refractivity contribution is -0.153. The molecular weight excluding hydrogens is 265 g/mol. The minimum Gasteiger partial charge on any atom is -0.483 e. The molecule has 0 aromatic heterocycles. The zero-order valence-corrected chi connectivity index (χ0v) is 10.2. The predicted octanol–water partition coefficient (Wildman–Crippen LogP) is 2.62. The van der Waals surface area contributed by atoms with Crippen LogP contribution in [0.3, 0.4) is 0 Å². The number of benzene rings is 1. The summed E-state index contributed by atoms with van der Waals surface area (Å²) in [6, 6.07) is 3.55. The average Bonchev–Trinajstić information content (AvgIpc) is 2.34. The number of ketones is 1. The minimum absolute atomic E-state index is 0.180. The third kappa shape index (κ3) is 4.27. The first-order chi connectivity index (χ1) is 8.74. The molecule has 0 heterocycles. The summed E-state index contributed by atoms with van der Waals surface area (Å²) in [6.07, 6.45) is -4.52. The van der Waals surface area contributed by atoms with Crippen molar-refractivity contribution < 1.29 is 32.2 Å². The molecule has 0 aliphatic carbocycles. The van der Waals surface area contributed by atoms with Crippen LogP contribution in [-0.2, 0) is 4.74 Å². The summed E-state index contributed by atoms with van der Waals surface area (Å²) in [5.41, 5.74) is -0.0424. The number of ether oxygens (including phenoxy) is 2. The molecule has 0 N–H and O–H groups in total. The first-order valence-electron chi connectivity index (χ1n) is 5.17. The van der Waals surface area contributed by atoms with E-state index < -0.39 is 18.8 Å². The molecule has 1 aromatic rings. The molecule has 0 atom stereocenters. The molecule has 1 rings (SSSR count). The van der Waals surface area contributed by atoms with E-state index in [9.17, 15) is 22.8 Å². The molecule has 0 bridgehead atoms. The first-order valence-corrected chi connectivity index (χ1v) is 5.17. The summed E-state index contributed by atoms with van der Waals surface area (Å²) in [6.45, 7) is -0.261. The third-order valence-electron chi connectivity index (χ3n) is 2.18. The van der Waals surface area contributed by atoms with Gasteiger partial charge < -0.3 is 9.47 Å². The summed E-state index contributed by atoms with van der Waals surface area (Å²) in [7, 11) is 1.08. The van der Waals surface area contributed by atoms with E-state index in [0.29, 0.717) is 0 Å². The van der Waals surface area contributed by atoms with Crippen LogP contribution in [0.5, 0.6) is 5.75 Å². The lowest BCUT2D eigenvalue weighted by Gasteiger charge is -2.12. The number of carbonyl (C=O) groups excluding carboxylic acids is 2. The molecule has 0 saturated heterocycles. The summed E-state index contributed by atoms with van der Waals surface area (Å²) >= 11 is 0. The van der Waals surface area contributed by atoms with E-state index in [2.05, 4.69) is 9.47 Å². The van der Waals surface area contributed by atoms with Crippen molar-refractivity contribution in [3.05, 3.63) is 29.3 Å². The summed E-state index contributed by atoms with van der Waals surface area (Å²) in [5, 5.41) is 0. The minimum atomic E-state index is -4.52. The highest BCUT2D eigenvalue weighted by atomic mass is 19.4. The van der Waals surface area contributed by atoms with Gasteiger partial charge in [0, 0.05) is 5.56 Å². The number of carbonyl (C=O) groups is 2. The first kappa shape index (κ1) is 15.0. The van der Waals surface area contributed by atoms with Gasteiger partial charge in [0.25, 0.3) is 0 Å². The van der Waals surface area contributed by atoms with Gasteiger partial charge in [-0.15, -0.1) is 0 Å². The van der Waals surface area contributed by atoms with E-state index in [1.54, 1.807) is 0 Å². The number of halogens is 3. The van der Waals surface area contributed by atoms with Gasteiger partial charge in [-0.2, -0.15) is 13.2 Å². The molecule has 0 fully saturated rings. The Morgan fingerprint density at radius 1 is 1.26 bits per heavy atom. The predicted molar refractivity (Wildman–Crippen MR) is 59.3 cm³/mol. The largest absolute Gasteiger partial charge is 0.483 e. The number of alkyl halides is 3. The maximum atomic E-state index is 12.1. The zero-order valence-electron chi connectivity index (χ0n) is 10.2. The SMILES string of the molecule is COC(=O)c1cc(C(C)=O)ccc1OCC(F)(F)F. The van der Waals surface area contributed by atoms with Gasteiger partial charge in [-0.05, 0) is 25.1 Å². The number of methoxy groups -OCH3 is 1. The Labute approximate surface area is 107 Å². The van der Waals surface area contributed by atoms with Crippen LogP contribution in [0.4, 0.5) is 13.2 Å². The van der Waals surface area contributed by atoms with E-state index in [0.717, 1.165) is 19.2 Å². The molecule has 0 aliphatic rings. The van der Waals surface area contributed by atoms with Gasteiger partial charge in [-0.25, -0.2) is 4.79 Å². The fourth-order valence-electron chi connectivity index (χ4n) is 1.30. The third-order valence-corrected chi connectivity index (χ3v) is 2.18. The van der Waals surface area contributed by atoms with E-state index in [1.165, 1.54) is 13.0 Å².